The minimum absolute atomic E-state index is 0.122. The smallest absolute Gasteiger partial charge is 0.362 e. The van der Waals surface area contributed by atoms with Crippen LogP contribution in [0.2, 0.25) is 0 Å². The second-order valence-electron chi connectivity index (χ2n) is 5.28. The molecule has 2 aromatic carbocycles. The highest BCUT2D eigenvalue weighted by Gasteiger charge is 2.33. The van der Waals surface area contributed by atoms with Crippen LogP contribution in [0, 0.1) is 0 Å². The number of benzene rings is 2. The summed E-state index contributed by atoms with van der Waals surface area (Å²) in [5, 5.41) is 0. The lowest BCUT2D eigenvalue weighted by Crippen LogP contribution is -2.21. The Morgan fingerprint density at radius 3 is 1.86 bits per heavy atom. The van der Waals surface area contributed by atoms with Crippen LogP contribution in [0.3, 0.4) is 0 Å². The summed E-state index contributed by atoms with van der Waals surface area (Å²) in [6, 6.07) is 17.3. The van der Waals surface area contributed by atoms with Gasteiger partial charge in [0.1, 0.15) is 5.75 Å². The van der Waals surface area contributed by atoms with E-state index < -0.39 is 10.4 Å². The molecule has 0 saturated heterocycles. The molecule has 110 valence electrons. The van der Waals surface area contributed by atoms with E-state index in [0.717, 1.165) is 18.4 Å². The molecule has 0 amide bonds. The van der Waals surface area contributed by atoms with E-state index >= 15 is 0 Å². The molecule has 3 rings (SSSR count). The van der Waals surface area contributed by atoms with Gasteiger partial charge in [0, 0.05) is 0 Å². The summed E-state index contributed by atoms with van der Waals surface area (Å²) in [6.07, 6.45) is 2.29. The molecular formula is C16H16O4S. The molecule has 1 fully saturated rings. The molecule has 0 bridgehead atoms. The van der Waals surface area contributed by atoms with Crippen LogP contribution in [0.4, 0.5) is 0 Å². The van der Waals surface area contributed by atoms with Gasteiger partial charge in [-0.2, -0.15) is 8.42 Å². The molecule has 1 N–H and O–H groups in total. The Morgan fingerprint density at radius 2 is 1.38 bits per heavy atom. The Hall–Kier alpha value is -1.85. The molecule has 1 aliphatic rings. The van der Waals surface area contributed by atoms with Gasteiger partial charge in [-0.05, 0) is 47.9 Å². The van der Waals surface area contributed by atoms with Crippen molar-refractivity contribution in [3.05, 3.63) is 65.7 Å². The average molecular weight is 304 g/mol. The van der Waals surface area contributed by atoms with Crippen molar-refractivity contribution in [1.82, 2.24) is 0 Å². The monoisotopic (exact) mass is 304 g/mol. The summed E-state index contributed by atoms with van der Waals surface area (Å²) in [5.74, 6) is 1.09. The zero-order valence-electron chi connectivity index (χ0n) is 11.3. The largest absolute Gasteiger partial charge is 0.446 e. The van der Waals surface area contributed by atoms with Gasteiger partial charge in [0.05, 0.1) is 0 Å². The predicted molar refractivity (Wildman–Crippen MR) is 79.8 cm³/mol. The molecule has 0 aromatic heterocycles. The van der Waals surface area contributed by atoms with E-state index in [1.54, 1.807) is 12.1 Å². The van der Waals surface area contributed by atoms with Gasteiger partial charge in [0.2, 0.25) is 0 Å². The van der Waals surface area contributed by atoms with Gasteiger partial charge in [0.15, 0.2) is 0 Å². The van der Waals surface area contributed by atoms with Gasteiger partial charge < -0.3 is 4.18 Å². The van der Waals surface area contributed by atoms with E-state index in [1.165, 1.54) is 5.56 Å². The van der Waals surface area contributed by atoms with E-state index in [0.29, 0.717) is 11.8 Å². The SMILES string of the molecule is O=S(=O)(O)Oc1ccc(C2CCC2c2ccccc2)cc1. The number of hydrogen-bond donors (Lipinski definition) is 1. The van der Waals surface area contributed by atoms with E-state index in [-0.39, 0.29) is 5.75 Å². The minimum atomic E-state index is -4.46. The molecule has 2 aromatic rings. The van der Waals surface area contributed by atoms with Gasteiger partial charge in [-0.1, -0.05) is 42.5 Å². The molecule has 0 radical (unpaired) electrons. The first-order valence-corrected chi connectivity index (χ1v) is 8.21. The van der Waals surface area contributed by atoms with Crippen molar-refractivity contribution in [3.8, 4) is 5.75 Å². The van der Waals surface area contributed by atoms with Crippen LogP contribution in [-0.2, 0) is 10.4 Å². The van der Waals surface area contributed by atoms with Crippen molar-refractivity contribution < 1.29 is 17.2 Å². The maximum absolute atomic E-state index is 10.7. The molecule has 5 heteroatoms. The summed E-state index contributed by atoms with van der Waals surface area (Å²) >= 11 is 0. The Bertz CT molecular complexity index is 708. The van der Waals surface area contributed by atoms with Gasteiger partial charge in [-0.25, -0.2) is 0 Å². The Morgan fingerprint density at radius 1 is 0.857 bits per heavy atom. The van der Waals surface area contributed by atoms with Gasteiger partial charge >= 0.3 is 10.4 Å². The zero-order valence-corrected chi connectivity index (χ0v) is 12.2. The van der Waals surface area contributed by atoms with E-state index in [4.69, 9.17) is 4.55 Å². The normalized spacial score (nSPS) is 21.6. The molecule has 1 aliphatic carbocycles. The standard InChI is InChI=1S/C16H16O4S/c17-21(18,19)20-14-8-6-13(7-9-14)16-11-10-15(16)12-4-2-1-3-5-12/h1-9,15-16H,10-11H2,(H,17,18,19). The van der Waals surface area contributed by atoms with Crippen molar-refractivity contribution in [2.24, 2.45) is 0 Å². The van der Waals surface area contributed by atoms with E-state index in [9.17, 15) is 8.42 Å². The highest BCUT2D eigenvalue weighted by Crippen LogP contribution is 2.49. The predicted octanol–water partition coefficient (Wildman–Crippen LogP) is 3.53. The van der Waals surface area contributed by atoms with Crippen molar-refractivity contribution in [3.63, 3.8) is 0 Å². The lowest BCUT2D eigenvalue weighted by atomic mass is 9.67. The molecule has 2 unspecified atom stereocenters. The highest BCUT2D eigenvalue weighted by molar-refractivity contribution is 7.81. The minimum Gasteiger partial charge on any atom is -0.362 e. The maximum Gasteiger partial charge on any atom is 0.446 e. The van der Waals surface area contributed by atoms with Gasteiger partial charge in [-0.15, -0.1) is 0 Å². The third kappa shape index (κ3) is 3.25. The fourth-order valence-corrected chi connectivity index (χ4v) is 3.24. The summed E-state index contributed by atoms with van der Waals surface area (Å²) in [7, 11) is -4.46. The number of rotatable bonds is 4. The van der Waals surface area contributed by atoms with Crippen LogP contribution in [-0.4, -0.2) is 13.0 Å². The van der Waals surface area contributed by atoms with Crippen LogP contribution in [0.5, 0.6) is 5.75 Å². The first-order chi connectivity index (χ1) is 10.0. The Labute approximate surface area is 124 Å². The van der Waals surface area contributed by atoms with Crippen molar-refractivity contribution >= 4 is 10.4 Å². The third-order valence-electron chi connectivity index (χ3n) is 4.01. The molecule has 1 saturated carbocycles. The van der Waals surface area contributed by atoms with Crippen LogP contribution in [0.1, 0.15) is 35.8 Å². The molecule has 0 aliphatic heterocycles. The van der Waals surface area contributed by atoms with Crippen LogP contribution in [0.15, 0.2) is 54.6 Å². The molecule has 2 atom stereocenters. The molecule has 4 nitrogen and oxygen atoms in total. The molecule has 0 spiro atoms. The molecule has 21 heavy (non-hydrogen) atoms. The summed E-state index contributed by atoms with van der Waals surface area (Å²) in [4.78, 5) is 0. The number of hydrogen-bond acceptors (Lipinski definition) is 3. The average Bonchev–Trinajstić information content (AvgIpc) is 2.39. The van der Waals surface area contributed by atoms with Crippen LogP contribution < -0.4 is 4.18 Å². The quantitative estimate of drug-likeness (QED) is 0.878. The zero-order chi connectivity index (χ0) is 14.9. The topological polar surface area (TPSA) is 63.6 Å². The molecule has 0 heterocycles. The van der Waals surface area contributed by atoms with Crippen molar-refractivity contribution in [2.45, 2.75) is 24.7 Å². The van der Waals surface area contributed by atoms with Crippen LogP contribution >= 0.6 is 0 Å². The third-order valence-corrected chi connectivity index (χ3v) is 4.41. The molecular weight excluding hydrogens is 288 g/mol. The van der Waals surface area contributed by atoms with Gasteiger partial charge in [-0.3, -0.25) is 4.55 Å². The fraction of sp³-hybridized carbons (Fsp3) is 0.250. The fourth-order valence-electron chi connectivity index (χ4n) is 2.89. The lowest BCUT2D eigenvalue weighted by molar-refractivity contribution is 0.346. The van der Waals surface area contributed by atoms with Gasteiger partial charge in [0.25, 0.3) is 0 Å². The maximum atomic E-state index is 10.7. The first-order valence-electron chi connectivity index (χ1n) is 6.85. The lowest BCUT2D eigenvalue weighted by Gasteiger charge is -2.37. The Kier molecular flexibility index (Phi) is 3.69. The summed E-state index contributed by atoms with van der Waals surface area (Å²) in [5.41, 5.74) is 2.50. The van der Waals surface area contributed by atoms with Crippen molar-refractivity contribution in [2.75, 3.05) is 0 Å². The Balaban J connectivity index is 1.76. The first kappa shape index (κ1) is 14.1. The highest BCUT2D eigenvalue weighted by atomic mass is 32.3. The van der Waals surface area contributed by atoms with Crippen molar-refractivity contribution in [1.29, 1.82) is 0 Å². The summed E-state index contributed by atoms with van der Waals surface area (Å²) in [6.45, 7) is 0. The summed E-state index contributed by atoms with van der Waals surface area (Å²) < 4.78 is 34.4. The second-order valence-corrected chi connectivity index (χ2v) is 6.30. The van der Waals surface area contributed by atoms with E-state index in [2.05, 4.69) is 16.3 Å². The van der Waals surface area contributed by atoms with E-state index in [1.807, 2.05) is 30.3 Å². The second kappa shape index (κ2) is 5.50. The van der Waals surface area contributed by atoms with Crippen LogP contribution in [0.25, 0.3) is 0 Å².